The van der Waals surface area contributed by atoms with Crippen molar-refractivity contribution < 1.29 is 9.59 Å². The van der Waals surface area contributed by atoms with Crippen LogP contribution in [0.5, 0.6) is 0 Å². The predicted octanol–water partition coefficient (Wildman–Crippen LogP) is 2.44. The monoisotopic (exact) mass is 282 g/mol. The average molecular weight is 282 g/mol. The summed E-state index contributed by atoms with van der Waals surface area (Å²) in [6, 6.07) is 8.03. The molecule has 0 fully saturated rings. The lowest BCUT2D eigenvalue weighted by Gasteiger charge is -2.22. The van der Waals surface area contributed by atoms with Crippen LogP contribution in [0, 0.1) is 0 Å². The minimum absolute atomic E-state index is 0.0405. The average Bonchev–Trinajstić information content (AvgIpc) is 2.87. The molecule has 0 bridgehead atoms. The number of allylic oxidation sites excluding steroid dienone is 1. The van der Waals surface area contributed by atoms with Gasteiger partial charge < -0.3 is 9.80 Å². The van der Waals surface area contributed by atoms with Gasteiger partial charge in [-0.2, -0.15) is 0 Å². The Morgan fingerprint density at radius 1 is 1.14 bits per heavy atom. The Labute approximate surface area is 124 Å². The van der Waals surface area contributed by atoms with Crippen molar-refractivity contribution in [1.82, 2.24) is 4.90 Å². The number of carbonyl (C=O) groups is 2. The summed E-state index contributed by atoms with van der Waals surface area (Å²) in [5, 5.41) is 0. The predicted molar refractivity (Wildman–Crippen MR) is 81.8 cm³/mol. The van der Waals surface area contributed by atoms with Crippen molar-refractivity contribution in [1.29, 1.82) is 0 Å². The lowest BCUT2D eigenvalue weighted by Crippen LogP contribution is -2.28. The van der Waals surface area contributed by atoms with Crippen LogP contribution < -0.4 is 4.90 Å². The van der Waals surface area contributed by atoms with E-state index in [9.17, 15) is 9.59 Å². The molecule has 0 saturated heterocycles. The van der Waals surface area contributed by atoms with Crippen LogP contribution >= 0.6 is 0 Å². The topological polar surface area (TPSA) is 40.6 Å². The second kappa shape index (κ2) is 5.20. The summed E-state index contributed by atoms with van der Waals surface area (Å²) >= 11 is 0. The molecule has 2 aliphatic rings. The van der Waals surface area contributed by atoms with Crippen LogP contribution in [-0.2, 0) is 9.59 Å². The summed E-state index contributed by atoms with van der Waals surface area (Å²) in [7, 11) is 0. The zero-order valence-electron chi connectivity index (χ0n) is 12.2. The van der Waals surface area contributed by atoms with E-state index in [0.717, 1.165) is 5.69 Å². The van der Waals surface area contributed by atoms with Gasteiger partial charge in [0.1, 0.15) is 0 Å². The van der Waals surface area contributed by atoms with Gasteiger partial charge in [-0.05, 0) is 23.3 Å². The van der Waals surface area contributed by atoms with Gasteiger partial charge in [0.15, 0.2) is 0 Å². The van der Waals surface area contributed by atoms with Crippen LogP contribution in [0.1, 0.15) is 25.3 Å². The van der Waals surface area contributed by atoms with Crippen molar-refractivity contribution in [3.63, 3.8) is 0 Å². The van der Waals surface area contributed by atoms with Crippen molar-refractivity contribution in [3.8, 4) is 0 Å². The van der Waals surface area contributed by atoms with E-state index in [0.29, 0.717) is 13.1 Å². The molecular weight excluding hydrogens is 264 g/mol. The van der Waals surface area contributed by atoms with E-state index in [4.69, 9.17) is 0 Å². The third-order valence-electron chi connectivity index (χ3n) is 4.13. The van der Waals surface area contributed by atoms with Crippen molar-refractivity contribution in [2.24, 2.45) is 0 Å². The van der Waals surface area contributed by atoms with Crippen molar-refractivity contribution in [2.45, 2.75) is 19.8 Å². The smallest absolute Gasteiger partial charge is 0.223 e. The number of rotatable bonds is 1. The maximum atomic E-state index is 11.8. The van der Waals surface area contributed by atoms with Gasteiger partial charge in [0.05, 0.1) is 0 Å². The van der Waals surface area contributed by atoms with Gasteiger partial charge in [0.25, 0.3) is 0 Å². The number of nitrogens with zero attached hydrogens (tertiary/aromatic N) is 2. The van der Waals surface area contributed by atoms with Gasteiger partial charge >= 0.3 is 0 Å². The second-order valence-corrected chi connectivity index (χ2v) is 5.43. The Bertz CT molecular complexity index is 661. The van der Waals surface area contributed by atoms with Gasteiger partial charge in [0, 0.05) is 44.7 Å². The second-order valence-electron chi connectivity index (χ2n) is 5.43. The zero-order chi connectivity index (χ0) is 15.0. The first kappa shape index (κ1) is 13.6. The molecule has 0 N–H and O–H groups in total. The van der Waals surface area contributed by atoms with Crippen LogP contribution in [0.4, 0.5) is 5.69 Å². The SMILES string of the molecule is CC(=O)N1C=CC(C2CN(C(C)=O)c3ccccc32)=CC1. The highest BCUT2D eigenvalue weighted by atomic mass is 16.2. The molecule has 4 nitrogen and oxygen atoms in total. The van der Waals surface area contributed by atoms with E-state index >= 15 is 0 Å². The third kappa shape index (κ3) is 2.37. The van der Waals surface area contributed by atoms with E-state index in [1.807, 2.05) is 35.4 Å². The number of hydrogen-bond donors (Lipinski definition) is 0. The number of anilines is 1. The highest BCUT2D eigenvalue weighted by Gasteiger charge is 2.32. The van der Waals surface area contributed by atoms with Crippen LogP contribution in [-0.4, -0.2) is 29.8 Å². The molecule has 2 aliphatic heterocycles. The number of para-hydroxylation sites is 1. The Morgan fingerprint density at radius 3 is 2.52 bits per heavy atom. The fourth-order valence-electron chi connectivity index (χ4n) is 2.99. The Balaban J connectivity index is 1.90. The molecule has 0 radical (unpaired) electrons. The van der Waals surface area contributed by atoms with Crippen LogP contribution in [0.25, 0.3) is 0 Å². The van der Waals surface area contributed by atoms with Gasteiger partial charge in [-0.1, -0.05) is 24.3 Å². The molecule has 2 amide bonds. The first-order valence-corrected chi connectivity index (χ1v) is 7.10. The van der Waals surface area contributed by atoms with E-state index in [1.54, 1.807) is 18.7 Å². The molecule has 0 spiro atoms. The number of benzene rings is 1. The first-order chi connectivity index (χ1) is 10.1. The molecule has 0 saturated carbocycles. The minimum Gasteiger partial charge on any atom is -0.315 e. The number of amides is 2. The Hall–Kier alpha value is -2.36. The van der Waals surface area contributed by atoms with Crippen LogP contribution in [0.2, 0.25) is 0 Å². The molecule has 1 atom stereocenters. The molecule has 0 aromatic heterocycles. The molecular formula is C17H18N2O2. The van der Waals surface area contributed by atoms with Gasteiger partial charge in [0.2, 0.25) is 11.8 Å². The Morgan fingerprint density at radius 2 is 1.90 bits per heavy atom. The molecule has 1 aromatic carbocycles. The quantitative estimate of drug-likeness (QED) is 0.794. The van der Waals surface area contributed by atoms with E-state index in [-0.39, 0.29) is 17.7 Å². The van der Waals surface area contributed by atoms with Gasteiger partial charge in [-0.15, -0.1) is 0 Å². The maximum Gasteiger partial charge on any atom is 0.223 e. The fourth-order valence-corrected chi connectivity index (χ4v) is 2.99. The van der Waals surface area contributed by atoms with Crippen molar-refractivity contribution in [3.05, 3.63) is 53.8 Å². The zero-order valence-corrected chi connectivity index (χ0v) is 12.2. The molecule has 108 valence electrons. The van der Waals surface area contributed by atoms with E-state index < -0.39 is 0 Å². The molecule has 1 unspecified atom stereocenters. The Kier molecular flexibility index (Phi) is 3.37. The maximum absolute atomic E-state index is 11.8. The summed E-state index contributed by atoms with van der Waals surface area (Å²) in [6.45, 7) is 4.43. The molecule has 0 aliphatic carbocycles. The third-order valence-corrected chi connectivity index (χ3v) is 4.13. The molecule has 2 heterocycles. The largest absolute Gasteiger partial charge is 0.315 e. The number of carbonyl (C=O) groups excluding carboxylic acids is 2. The normalized spacial score (nSPS) is 20.3. The van der Waals surface area contributed by atoms with Crippen molar-refractivity contribution in [2.75, 3.05) is 18.0 Å². The van der Waals surface area contributed by atoms with E-state index in [1.165, 1.54) is 11.1 Å². The molecule has 4 heteroatoms. The molecule has 3 rings (SSSR count). The molecule has 1 aromatic rings. The van der Waals surface area contributed by atoms with Crippen LogP contribution in [0.15, 0.2) is 48.2 Å². The number of hydrogen-bond acceptors (Lipinski definition) is 2. The summed E-state index contributed by atoms with van der Waals surface area (Å²) < 4.78 is 0. The highest BCUT2D eigenvalue weighted by molar-refractivity contribution is 5.94. The van der Waals surface area contributed by atoms with Gasteiger partial charge in [-0.3, -0.25) is 9.59 Å². The summed E-state index contributed by atoms with van der Waals surface area (Å²) in [4.78, 5) is 26.7. The van der Waals surface area contributed by atoms with Crippen LogP contribution in [0.3, 0.4) is 0 Å². The van der Waals surface area contributed by atoms with E-state index in [2.05, 4.69) is 12.1 Å². The number of fused-ring (bicyclic) bond motifs is 1. The fraction of sp³-hybridized carbons (Fsp3) is 0.294. The first-order valence-electron chi connectivity index (χ1n) is 7.10. The lowest BCUT2D eigenvalue weighted by atomic mass is 9.91. The minimum atomic E-state index is 0.0405. The standard InChI is InChI=1S/C17H18N2O2/c1-12(20)18-9-7-14(8-10-18)16-11-19(13(2)21)17-6-4-3-5-15(16)17/h3-9,16H,10-11H2,1-2H3. The summed E-state index contributed by atoms with van der Waals surface area (Å²) in [6.07, 6.45) is 5.89. The highest BCUT2D eigenvalue weighted by Crippen LogP contribution is 2.41. The molecule has 21 heavy (non-hydrogen) atoms. The van der Waals surface area contributed by atoms with Crippen molar-refractivity contribution >= 4 is 17.5 Å². The summed E-state index contributed by atoms with van der Waals surface area (Å²) in [5.41, 5.74) is 3.35. The lowest BCUT2D eigenvalue weighted by molar-refractivity contribution is -0.126. The summed E-state index contributed by atoms with van der Waals surface area (Å²) in [5.74, 6) is 0.296. The van der Waals surface area contributed by atoms with Gasteiger partial charge in [-0.25, -0.2) is 0 Å².